The van der Waals surface area contributed by atoms with E-state index in [1.54, 1.807) is 7.11 Å². The van der Waals surface area contributed by atoms with E-state index in [1.165, 1.54) is 27.9 Å². The average Bonchev–Trinajstić information content (AvgIpc) is 3.07. The molecule has 0 saturated carbocycles. The lowest BCUT2D eigenvalue weighted by Crippen LogP contribution is -2.47. The Morgan fingerprint density at radius 2 is 1.71 bits per heavy atom. The third kappa shape index (κ3) is 4.70. The SMILES string of the molecule is COCCn1c(C)c(C)c2cc(C(=O)N3CCN(C)CC3)cc(NCc3c(C)cccc3C)c21. The molecule has 0 spiro atoms. The molecule has 2 aromatic carbocycles. The molecule has 0 unspecified atom stereocenters. The highest BCUT2D eigenvalue weighted by atomic mass is 16.5. The van der Waals surface area contributed by atoms with Crippen LogP contribution >= 0.6 is 0 Å². The van der Waals surface area contributed by atoms with Gasteiger partial charge in [0.1, 0.15) is 0 Å². The Labute approximate surface area is 203 Å². The largest absolute Gasteiger partial charge is 0.383 e. The third-order valence-corrected chi connectivity index (χ3v) is 7.39. The van der Waals surface area contributed by atoms with E-state index in [2.05, 4.69) is 79.9 Å². The van der Waals surface area contributed by atoms with E-state index >= 15 is 0 Å². The lowest BCUT2D eigenvalue weighted by molar-refractivity contribution is 0.0664. The van der Waals surface area contributed by atoms with Crippen LogP contribution < -0.4 is 5.32 Å². The minimum Gasteiger partial charge on any atom is -0.383 e. The zero-order valence-corrected chi connectivity index (χ0v) is 21.5. The number of aryl methyl sites for hydroxylation is 3. The highest BCUT2D eigenvalue weighted by Crippen LogP contribution is 2.34. The number of ether oxygens (including phenoxy) is 1. The summed E-state index contributed by atoms with van der Waals surface area (Å²) in [6.07, 6.45) is 0. The number of nitrogens with one attached hydrogen (secondary N) is 1. The Morgan fingerprint density at radius 3 is 2.35 bits per heavy atom. The van der Waals surface area contributed by atoms with Gasteiger partial charge in [0.15, 0.2) is 0 Å². The first-order valence-corrected chi connectivity index (χ1v) is 12.2. The quantitative estimate of drug-likeness (QED) is 0.561. The molecule has 34 heavy (non-hydrogen) atoms. The average molecular weight is 463 g/mol. The first kappa shape index (κ1) is 24.3. The van der Waals surface area contributed by atoms with Crippen molar-refractivity contribution in [2.45, 2.75) is 40.8 Å². The molecule has 1 amide bonds. The minimum absolute atomic E-state index is 0.117. The molecule has 0 bridgehead atoms. The number of aromatic nitrogens is 1. The van der Waals surface area contributed by atoms with Crippen molar-refractivity contribution < 1.29 is 9.53 Å². The predicted molar refractivity (Wildman–Crippen MR) is 140 cm³/mol. The Kier molecular flexibility index (Phi) is 7.29. The van der Waals surface area contributed by atoms with Crippen LogP contribution in [0, 0.1) is 27.7 Å². The third-order valence-electron chi connectivity index (χ3n) is 7.39. The van der Waals surface area contributed by atoms with Gasteiger partial charge in [-0.1, -0.05) is 18.2 Å². The summed E-state index contributed by atoms with van der Waals surface area (Å²) in [4.78, 5) is 17.8. The van der Waals surface area contributed by atoms with Gasteiger partial charge < -0.3 is 24.4 Å². The Balaban J connectivity index is 1.78. The fourth-order valence-electron chi connectivity index (χ4n) is 5.00. The van der Waals surface area contributed by atoms with Gasteiger partial charge >= 0.3 is 0 Å². The molecule has 0 aliphatic carbocycles. The van der Waals surface area contributed by atoms with Crippen LogP contribution in [-0.4, -0.2) is 67.2 Å². The molecule has 1 N–H and O–H groups in total. The molecule has 182 valence electrons. The van der Waals surface area contributed by atoms with Gasteiger partial charge in [0.25, 0.3) is 5.91 Å². The van der Waals surface area contributed by atoms with Gasteiger partial charge in [0.2, 0.25) is 0 Å². The summed E-state index contributed by atoms with van der Waals surface area (Å²) in [5.41, 5.74) is 9.19. The minimum atomic E-state index is 0.117. The number of anilines is 1. The number of carbonyl (C=O) groups excluding carboxylic acids is 1. The Hall–Kier alpha value is -2.83. The molecule has 0 atom stereocenters. The van der Waals surface area contributed by atoms with E-state index < -0.39 is 0 Å². The number of carbonyl (C=O) groups is 1. The lowest BCUT2D eigenvalue weighted by atomic mass is 10.0. The molecular weight excluding hydrogens is 424 g/mol. The summed E-state index contributed by atoms with van der Waals surface area (Å²) < 4.78 is 7.73. The Morgan fingerprint density at radius 1 is 1.03 bits per heavy atom. The number of nitrogens with zero attached hydrogens (tertiary/aromatic N) is 3. The molecule has 2 heterocycles. The molecule has 1 aliphatic rings. The van der Waals surface area contributed by atoms with Crippen LogP contribution in [0.15, 0.2) is 30.3 Å². The maximum atomic E-state index is 13.5. The monoisotopic (exact) mass is 462 g/mol. The fourth-order valence-corrected chi connectivity index (χ4v) is 5.00. The number of methoxy groups -OCH3 is 1. The summed E-state index contributed by atoms with van der Waals surface area (Å²) in [6.45, 7) is 14.1. The number of likely N-dealkylation sites (N-methyl/N-ethyl adjacent to an activating group) is 1. The highest BCUT2D eigenvalue weighted by Gasteiger charge is 2.23. The lowest BCUT2D eigenvalue weighted by Gasteiger charge is -2.32. The van der Waals surface area contributed by atoms with Gasteiger partial charge in [-0.2, -0.15) is 0 Å². The molecular formula is C28H38N4O2. The van der Waals surface area contributed by atoms with Crippen molar-refractivity contribution in [2.75, 3.05) is 52.3 Å². The van der Waals surface area contributed by atoms with Crippen LogP contribution in [0.4, 0.5) is 5.69 Å². The zero-order valence-electron chi connectivity index (χ0n) is 21.5. The molecule has 1 aliphatic heterocycles. The van der Waals surface area contributed by atoms with Crippen molar-refractivity contribution in [3.8, 4) is 0 Å². The van der Waals surface area contributed by atoms with Gasteiger partial charge in [-0.15, -0.1) is 0 Å². The molecule has 6 nitrogen and oxygen atoms in total. The van der Waals surface area contributed by atoms with Crippen LogP contribution in [0.2, 0.25) is 0 Å². The topological polar surface area (TPSA) is 49.7 Å². The maximum Gasteiger partial charge on any atom is 0.254 e. The second-order valence-corrected chi connectivity index (χ2v) is 9.59. The van der Waals surface area contributed by atoms with Gasteiger partial charge in [0, 0.05) is 63.0 Å². The van der Waals surface area contributed by atoms with Crippen molar-refractivity contribution in [3.05, 3.63) is 63.8 Å². The summed E-state index contributed by atoms with van der Waals surface area (Å²) >= 11 is 0. The molecule has 1 aromatic heterocycles. The molecule has 0 radical (unpaired) electrons. The molecule has 3 aromatic rings. The first-order valence-electron chi connectivity index (χ1n) is 12.2. The van der Waals surface area contributed by atoms with Gasteiger partial charge in [-0.25, -0.2) is 0 Å². The smallest absolute Gasteiger partial charge is 0.254 e. The zero-order chi connectivity index (χ0) is 24.4. The summed E-state index contributed by atoms with van der Waals surface area (Å²) in [5, 5.41) is 4.84. The van der Waals surface area contributed by atoms with E-state index in [-0.39, 0.29) is 5.91 Å². The molecule has 6 heteroatoms. The summed E-state index contributed by atoms with van der Waals surface area (Å²) in [6, 6.07) is 10.6. The van der Waals surface area contributed by atoms with Crippen molar-refractivity contribution in [3.63, 3.8) is 0 Å². The number of fused-ring (bicyclic) bond motifs is 1. The number of benzene rings is 2. The summed E-state index contributed by atoms with van der Waals surface area (Å²) in [5.74, 6) is 0.117. The van der Waals surface area contributed by atoms with Gasteiger partial charge in [-0.05, 0) is 69.1 Å². The highest BCUT2D eigenvalue weighted by molar-refractivity contribution is 6.04. The van der Waals surface area contributed by atoms with Crippen LogP contribution in [0.1, 0.15) is 38.3 Å². The van der Waals surface area contributed by atoms with E-state index in [4.69, 9.17) is 4.74 Å². The normalized spacial score (nSPS) is 14.7. The van der Waals surface area contributed by atoms with Crippen molar-refractivity contribution in [2.24, 2.45) is 0 Å². The number of amides is 1. The molecule has 1 saturated heterocycles. The number of rotatable bonds is 7. The molecule has 4 rings (SSSR count). The van der Waals surface area contributed by atoms with E-state index in [1.807, 2.05) is 4.90 Å². The van der Waals surface area contributed by atoms with E-state index in [9.17, 15) is 4.79 Å². The van der Waals surface area contributed by atoms with Crippen LogP contribution in [0.3, 0.4) is 0 Å². The molecule has 1 fully saturated rings. The summed E-state index contributed by atoms with van der Waals surface area (Å²) in [7, 11) is 3.85. The van der Waals surface area contributed by atoms with Crippen LogP contribution in [-0.2, 0) is 17.8 Å². The maximum absolute atomic E-state index is 13.5. The second-order valence-electron chi connectivity index (χ2n) is 9.59. The Bertz CT molecular complexity index is 1170. The van der Waals surface area contributed by atoms with E-state index in [0.29, 0.717) is 13.2 Å². The standard InChI is InChI=1S/C28H38N4O2/c1-19-8-7-9-20(2)25(19)18-29-26-17-23(28(33)31-12-10-30(5)11-13-31)16-24-21(3)22(4)32(27(24)26)14-15-34-6/h7-9,16-17,29H,10-15,18H2,1-6H3. The van der Waals surface area contributed by atoms with Crippen LogP contribution in [0.25, 0.3) is 10.9 Å². The first-order chi connectivity index (χ1) is 16.3. The van der Waals surface area contributed by atoms with Crippen molar-refractivity contribution in [1.82, 2.24) is 14.4 Å². The fraction of sp³-hybridized carbons (Fsp3) is 0.464. The van der Waals surface area contributed by atoms with Crippen molar-refractivity contribution >= 4 is 22.5 Å². The number of hydrogen-bond donors (Lipinski definition) is 1. The van der Waals surface area contributed by atoms with Gasteiger partial charge in [-0.3, -0.25) is 4.79 Å². The van der Waals surface area contributed by atoms with Crippen molar-refractivity contribution in [1.29, 1.82) is 0 Å². The van der Waals surface area contributed by atoms with Gasteiger partial charge in [0.05, 0.1) is 17.8 Å². The predicted octanol–water partition coefficient (Wildman–Crippen LogP) is 4.52. The number of piperazine rings is 1. The van der Waals surface area contributed by atoms with Crippen LogP contribution in [0.5, 0.6) is 0 Å². The second kappa shape index (κ2) is 10.2. The number of hydrogen-bond acceptors (Lipinski definition) is 4. The van der Waals surface area contributed by atoms with E-state index in [0.717, 1.165) is 54.9 Å².